The van der Waals surface area contributed by atoms with E-state index in [0.717, 1.165) is 5.56 Å². The molecule has 2 aromatic carbocycles. The summed E-state index contributed by atoms with van der Waals surface area (Å²) in [5.74, 6) is -0.280. The molecule has 0 saturated heterocycles. The Morgan fingerprint density at radius 2 is 1.67 bits per heavy atom. The Balaban J connectivity index is 2.02. The molecule has 0 spiro atoms. The molecule has 24 heavy (non-hydrogen) atoms. The van der Waals surface area contributed by atoms with Crippen molar-refractivity contribution in [2.45, 2.75) is 26.2 Å². The predicted octanol–water partition coefficient (Wildman–Crippen LogP) is 5.42. The maximum absolute atomic E-state index is 12.3. The Labute approximate surface area is 157 Å². The molecule has 6 heteroatoms. The van der Waals surface area contributed by atoms with Gasteiger partial charge in [-0.3, -0.25) is 10.1 Å². The van der Waals surface area contributed by atoms with Gasteiger partial charge in [0.05, 0.1) is 10.7 Å². The van der Waals surface area contributed by atoms with E-state index in [1.165, 1.54) is 0 Å². The fraction of sp³-hybridized carbons (Fsp3) is 0.222. The highest BCUT2D eigenvalue weighted by Crippen LogP contribution is 2.25. The summed E-state index contributed by atoms with van der Waals surface area (Å²) in [5.41, 5.74) is 2.31. The van der Waals surface area contributed by atoms with Crippen molar-refractivity contribution < 1.29 is 4.79 Å². The first kappa shape index (κ1) is 18.7. The summed E-state index contributed by atoms with van der Waals surface area (Å²) in [6.45, 7) is 6.37. The first-order valence-electron chi connectivity index (χ1n) is 7.35. The van der Waals surface area contributed by atoms with Crippen LogP contribution in [0.15, 0.2) is 42.5 Å². The molecule has 0 atom stereocenters. The van der Waals surface area contributed by atoms with Gasteiger partial charge in [0.1, 0.15) is 0 Å². The molecule has 2 N–H and O–H groups in total. The number of amides is 1. The van der Waals surface area contributed by atoms with Gasteiger partial charge in [-0.15, -0.1) is 0 Å². The molecule has 2 aromatic rings. The topological polar surface area (TPSA) is 41.1 Å². The third-order valence-electron chi connectivity index (χ3n) is 3.42. The fourth-order valence-electron chi connectivity index (χ4n) is 2.04. The number of hydrogen-bond donors (Lipinski definition) is 2. The van der Waals surface area contributed by atoms with Crippen molar-refractivity contribution in [3.05, 3.63) is 63.6 Å². The zero-order valence-corrected chi connectivity index (χ0v) is 15.9. The number of thiocarbonyl (C=S) groups is 1. The smallest absolute Gasteiger partial charge is 0.257 e. The van der Waals surface area contributed by atoms with E-state index >= 15 is 0 Å². The number of nitrogens with one attached hydrogen (secondary N) is 2. The molecule has 0 heterocycles. The molecule has 0 aliphatic carbocycles. The second kappa shape index (κ2) is 7.51. The number of carbonyl (C=O) groups excluding carboxylic acids is 1. The summed E-state index contributed by atoms with van der Waals surface area (Å²) >= 11 is 17.1. The van der Waals surface area contributed by atoms with E-state index in [9.17, 15) is 4.79 Å². The molecule has 0 aliphatic rings. The molecule has 1 amide bonds. The van der Waals surface area contributed by atoms with Gasteiger partial charge in [-0.25, -0.2) is 0 Å². The van der Waals surface area contributed by atoms with Crippen molar-refractivity contribution in [2.24, 2.45) is 0 Å². The Morgan fingerprint density at radius 3 is 2.21 bits per heavy atom. The molecule has 0 radical (unpaired) electrons. The average molecular weight is 381 g/mol. The maximum atomic E-state index is 12.3. The standard InChI is InChI=1S/C18H18Cl2N2OS/c1-18(2,3)12-6-4-11(5-7-12)16(23)22-17(24)21-15-9-8-13(19)10-14(15)20/h4-10H,1-3H3,(H2,21,22,23,24). The largest absolute Gasteiger partial charge is 0.331 e. The van der Waals surface area contributed by atoms with Gasteiger partial charge in [0.25, 0.3) is 5.91 Å². The number of halogens is 2. The van der Waals surface area contributed by atoms with Crippen LogP contribution in [0.4, 0.5) is 5.69 Å². The van der Waals surface area contributed by atoms with E-state index in [0.29, 0.717) is 21.3 Å². The van der Waals surface area contributed by atoms with Crippen LogP contribution in [0.3, 0.4) is 0 Å². The fourth-order valence-corrected chi connectivity index (χ4v) is 2.70. The van der Waals surface area contributed by atoms with Gasteiger partial charge in [0.2, 0.25) is 0 Å². The third-order valence-corrected chi connectivity index (χ3v) is 4.17. The summed E-state index contributed by atoms with van der Waals surface area (Å²) < 4.78 is 0. The molecule has 3 nitrogen and oxygen atoms in total. The lowest BCUT2D eigenvalue weighted by Gasteiger charge is -2.19. The first-order valence-corrected chi connectivity index (χ1v) is 8.51. The predicted molar refractivity (Wildman–Crippen MR) is 105 cm³/mol. The highest BCUT2D eigenvalue weighted by atomic mass is 35.5. The molecule has 0 aromatic heterocycles. The third kappa shape index (κ3) is 4.94. The number of carbonyl (C=O) groups is 1. The minimum absolute atomic E-state index is 0.0389. The quantitative estimate of drug-likeness (QED) is 0.683. The van der Waals surface area contributed by atoms with Gasteiger partial charge in [0, 0.05) is 10.6 Å². The van der Waals surface area contributed by atoms with Gasteiger partial charge in [-0.2, -0.15) is 0 Å². The lowest BCUT2D eigenvalue weighted by molar-refractivity contribution is 0.0977. The molecule has 0 aliphatic heterocycles. The van der Waals surface area contributed by atoms with Crippen molar-refractivity contribution in [3.63, 3.8) is 0 Å². The molecule has 0 bridgehead atoms. The SMILES string of the molecule is CC(C)(C)c1ccc(C(=O)NC(=S)Nc2ccc(Cl)cc2Cl)cc1. The number of rotatable bonds is 2. The second-order valence-corrected chi connectivity index (χ2v) is 7.61. The van der Waals surface area contributed by atoms with Crippen LogP contribution in [-0.4, -0.2) is 11.0 Å². The Morgan fingerprint density at radius 1 is 1.04 bits per heavy atom. The summed E-state index contributed by atoms with van der Waals surface area (Å²) in [6.07, 6.45) is 0. The molecular weight excluding hydrogens is 363 g/mol. The summed E-state index contributed by atoms with van der Waals surface area (Å²) in [4.78, 5) is 12.3. The van der Waals surface area contributed by atoms with Crippen LogP contribution < -0.4 is 10.6 Å². The molecule has 0 fully saturated rings. The van der Waals surface area contributed by atoms with Crippen LogP contribution >= 0.6 is 35.4 Å². The molecule has 0 unspecified atom stereocenters. The van der Waals surface area contributed by atoms with E-state index in [2.05, 4.69) is 31.4 Å². The van der Waals surface area contributed by atoms with Crippen LogP contribution in [0.25, 0.3) is 0 Å². The number of anilines is 1. The van der Waals surface area contributed by atoms with Gasteiger partial charge in [0.15, 0.2) is 5.11 Å². The van der Waals surface area contributed by atoms with E-state index in [-0.39, 0.29) is 16.4 Å². The average Bonchev–Trinajstić information content (AvgIpc) is 2.49. The monoisotopic (exact) mass is 380 g/mol. The Bertz CT molecular complexity index is 768. The van der Waals surface area contributed by atoms with E-state index in [1.807, 2.05) is 12.1 Å². The lowest BCUT2D eigenvalue weighted by atomic mass is 9.87. The Kier molecular flexibility index (Phi) is 5.86. The number of benzene rings is 2. The molecular formula is C18H18Cl2N2OS. The van der Waals surface area contributed by atoms with Crippen LogP contribution in [0.1, 0.15) is 36.7 Å². The summed E-state index contributed by atoms with van der Waals surface area (Å²) in [7, 11) is 0. The van der Waals surface area contributed by atoms with Gasteiger partial charge >= 0.3 is 0 Å². The summed E-state index contributed by atoms with van der Waals surface area (Å²) in [6, 6.07) is 12.4. The van der Waals surface area contributed by atoms with Crippen molar-refractivity contribution in [2.75, 3.05) is 5.32 Å². The van der Waals surface area contributed by atoms with Crippen LogP contribution in [0.2, 0.25) is 10.0 Å². The van der Waals surface area contributed by atoms with Crippen LogP contribution in [-0.2, 0) is 5.41 Å². The highest BCUT2D eigenvalue weighted by Gasteiger charge is 2.15. The van der Waals surface area contributed by atoms with E-state index < -0.39 is 0 Å². The number of hydrogen-bond acceptors (Lipinski definition) is 2. The van der Waals surface area contributed by atoms with Crippen molar-refractivity contribution in [1.82, 2.24) is 5.32 Å². The maximum Gasteiger partial charge on any atom is 0.257 e. The lowest BCUT2D eigenvalue weighted by Crippen LogP contribution is -2.34. The van der Waals surface area contributed by atoms with Gasteiger partial charge in [-0.1, -0.05) is 56.1 Å². The van der Waals surface area contributed by atoms with Crippen molar-refractivity contribution >= 4 is 52.1 Å². The highest BCUT2D eigenvalue weighted by molar-refractivity contribution is 7.80. The van der Waals surface area contributed by atoms with Crippen LogP contribution in [0, 0.1) is 0 Å². The minimum atomic E-state index is -0.280. The Hall–Kier alpha value is -1.62. The zero-order chi connectivity index (χ0) is 17.9. The van der Waals surface area contributed by atoms with Gasteiger partial charge in [-0.05, 0) is 53.5 Å². The molecule has 126 valence electrons. The van der Waals surface area contributed by atoms with E-state index in [1.54, 1.807) is 30.3 Å². The molecule has 2 rings (SSSR count). The van der Waals surface area contributed by atoms with Crippen molar-refractivity contribution in [3.8, 4) is 0 Å². The van der Waals surface area contributed by atoms with Gasteiger partial charge < -0.3 is 5.32 Å². The zero-order valence-electron chi connectivity index (χ0n) is 13.6. The first-order chi connectivity index (χ1) is 11.2. The second-order valence-electron chi connectivity index (χ2n) is 6.36. The van der Waals surface area contributed by atoms with Crippen molar-refractivity contribution in [1.29, 1.82) is 0 Å². The van der Waals surface area contributed by atoms with Crippen LogP contribution in [0.5, 0.6) is 0 Å². The minimum Gasteiger partial charge on any atom is -0.331 e. The van der Waals surface area contributed by atoms with E-state index in [4.69, 9.17) is 35.4 Å². The summed E-state index contributed by atoms with van der Waals surface area (Å²) in [5, 5.41) is 6.64. The molecule has 0 saturated carbocycles. The normalized spacial score (nSPS) is 11.0.